The lowest BCUT2D eigenvalue weighted by atomic mass is 9.66. The minimum Gasteiger partial charge on any atom is -0.313 e. The lowest BCUT2D eigenvalue weighted by Crippen LogP contribution is -2.46. The number of hydrogen-bond donors (Lipinski definition) is 1. The van der Waals surface area contributed by atoms with Crippen molar-refractivity contribution in [1.29, 1.82) is 0 Å². The molecule has 0 aromatic rings. The molecule has 2 atom stereocenters. The van der Waals surface area contributed by atoms with Gasteiger partial charge in [-0.1, -0.05) is 5.57 Å². The summed E-state index contributed by atoms with van der Waals surface area (Å²) < 4.78 is 0. The fourth-order valence-electron chi connectivity index (χ4n) is 2.43. The molecular weight excluding hydrogens is 132 g/mol. The van der Waals surface area contributed by atoms with Gasteiger partial charge in [-0.2, -0.15) is 0 Å². The lowest BCUT2D eigenvalue weighted by molar-refractivity contribution is 0.278. The Bertz CT molecular complexity index is 188. The molecule has 1 saturated carbocycles. The van der Waals surface area contributed by atoms with Gasteiger partial charge in [-0.25, -0.2) is 0 Å². The Balaban J connectivity index is 2.21. The van der Waals surface area contributed by atoms with Crippen LogP contribution in [0.5, 0.6) is 0 Å². The summed E-state index contributed by atoms with van der Waals surface area (Å²) in [6.07, 6.45) is 4.16. The molecule has 3 rings (SSSR count). The van der Waals surface area contributed by atoms with Crippen molar-refractivity contribution in [2.45, 2.75) is 25.3 Å². The van der Waals surface area contributed by atoms with Crippen LogP contribution in [0.3, 0.4) is 0 Å². The van der Waals surface area contributed by atoms with E-state index in [9.17, 15) is 0 Å². The van der Waals surface area contributed by atoms with Gasteiger partial charge in [0.05, 0.1) is 0 Å². The van der Waals surface area contributed by atoms with E-state index in [0.29, 0.717) is 0 Å². The fourth-order valence-corrected chi connectivity index (χ4v) is 2.43. The molecule has 2 bridgehead atoms. The SMILES string of the molecule is BC(B)=C1C[C@@H]2CC[C@H]1CN2. The van der Waals surface area contributed by atoms with E-state index in [4.69, 9.17) is 0 Å². The quantitative estimate of drug-likeness (QED) is 0.443. The summed E-state index contributed by atoms with van der Waals surface area (Å²) in [5.41, 5.74) is 1.75. The van der Waals surface area contributed by atoms with Gasteiger partial charge >= 0.3 is 0 Å². The molecule has 1 nitrogen and oxygen atoms in total. The maximum Gasteiger partial charge on any atom is 0.121 e. The van der Waals surface area contributed by atoms with Crippen molar-refractivity contribution in [2.24, 2.45) is 5.92 Å². The maximum atomic E-state index is 3.57. The van der Waals surface area contributed by atoms with Gasteiger partial charge in [0.25, 0.3) is 0 Å². The summed E-state index contributed by atoms with van der Waals surface area (Å²) in [6, 6.07) is 0.810. The molecule has 1 N–H and O–H groups in total. The van der Waals surface area contributed by atoms with Crippen molar-refractivity contribution < 1.29 is 0 Å². The molecule has 3 heteroatoms. The van der Waals surface area contributed by atoms with Crippen molar-refractivity contribution in [3.05, 3.63) is 10.9 Å². The third kappa shape index (κ3) is 1.26. The Labute approximate surface area is 70.4 Å². The first-order chi connectivity index (χ1) is 5.27. The van der Waals surface area contributed by atoms with Gasteiger partial charge in [0.15, 0.2) is 0 Å². The first-order valence-electron chi connectivity index (χ1n) is 4.67. The largest absolute Gasteiger partial charge is 0.313 e. The predicted octanol–water partition coefficient (Wildman–Crippen LogP) is -0.764. The van der Waals surface area contributed by atoms with E-state index in [0.717, 1.165) is 12.0 Å². The van der Waals surface area contributed by atoms with Crippen LogP contribution in [0.25, 0.3) is 0 Å². The molecule has 2 heterocycles. The third-order valence-corrected chi connectivity index (χ3v) is 3.12. The molecule has 2 saturated heterocycles. The monoisotopic (exact) mass is 147 g/mol. The van der Waals surface area contributed by atoms with Gasteiger partial charge in [0.1, 0.15) is 15.7 Å². The van der Waals surface area contributed by atoms with Crippen LogP contribution in [0.15, 0.2) is 10.9 Å². The molecule has 3 fully saturated rings. The molecule has 58 valence electrons. The summed E-state index contributed by atoms with van der Waals surface area (Å²) in [5.74, 6) is 0.880. The molecule has 0 aromatic heterocycles. The Morgan fingerprint density at radius 2 is 2.18 bits per heavy atom. The number of hydrogen-bond acceptors (Lipinski definition) is 1. The van der Waals surface area contributed by atoms with E-state index >= 15 is 0 Å². The third-order valence-electron chi connectivity index (χ3n) is 3.12. The van der Waals surface area contributed by atoms with Crippen molar-refractivity contribution in [2.75, 3.05) is 6.54 Å². The second kappa shape index (κ2) is 2.71. The number of rotatable bonds is 0. The zero-order valence-electron chi connectivity index (χ0n) is 7.48. The standard InChI is InChI=1S/C8H15B2N/c9-8(10)7-3-6-2-1-5(7)4-11-6/h5-6,11H,1-4,9-10H2/t5-,6-/m0/s1. The van der Waals surface area contributed by atoms with E-state index in [1.807, 2.05) is 0 Å². The van der Waals surface area contributed by atoms with Crippen LogP contribution in [-0.4, -0.2) is 28.3 Å². The summed E-state index contributed by atoms with van der Waals surface area (Å²) in [7, 11) is 4.52. The molecule has 0 unspecified atom stereocenters. The second-order valence-electron chi connectivity index (χ2n) is 4.11. The maximum absolute atomic E-state index is 3.57. The average molecular weight is 147 g/mol. The number of fused-ring (bicyclic) bond motifs is 3. The van der Waals surface area contributed by atoms with Crippen LogP contribution in [-0.2, 0) is 0 Å². The van der Waals surface area contributed by atoms with Crippen LogP contribution in [0.4, 0.5) is 0 Å². The van der Waals surface area contributed by atoms with E-state index in [1.54, 1.807) is 10.9 Å². The summed E-state index contributed by atoms with van der Waals surface area (Å²) >= 11 is 0. The normalized spacial score (nSPS) is 35.8. The molecule has 3 aliphatic rings. The topological polar surface area (TPSA) is 12.0 Å². The van der Waals surface area contributed by atoms with Crippen LogP contribution < -0.4 is 5.32 Å². The van der Waals surface area contributed by atoms with Gasteiger partial charge in [0, 0.05) is 12.6 Å². The van der Waals surface area contributed by atoms with Crippen molar-refractivity contribution in [3.63, 3.8) is 0 Å². The lowest BCUT2D eigenvalue weighted by Gasteiger charge is -2.40. The van der Waals surface area contributed by atoms with Crippen molar-refractivity contribution in [1.82, 2.24) is 5.32 Å². The van der Waals surface area contributed by atoms with Crippen LogP contribution in [0.2, 0.25) is 0 Å². The van der Waals surface area contributed by atoms with Crippen LogP contribution >= 0.6 is 0 Å². The molecule has 2 aliphatic heterocycles. The minimum atomic E-state index is 0.810. The highest BCUT2D eigenvalue weighted by Gasteiger charge is 2.30. The van der Waals surface area contributed by atoms with Crippen molar-refractivity contribution >= 4 is 15.7 Å². The zero-order chi connectivity index (χ0) is 7.84. The van der Waals surface area contributed by atoms with Gasteiger partial charge < -0.3 is 5.32 Å². The van der Waals surface area contributed by atoms with Crippen molar-refractivity contribution in [3.8, 4) is 0 Å². The smallest absolute Gasteiger partial charge is 0.121 e. The molecule has 0 aromatic carbocycles. The van der Waals surface area contributed by atoms with Gasteiger partial charge in [0.2, 0.25) is 0 Å². The predicted molar refractivity (Wildman–Crippen MR) is 53.2 cm³/mol. The molecular formula is C8H15B2N. The average Bonchev–Trinajstić information content (AvgIpc) is 2.06. The van der Waals surface area contributed by atoms with Gasteiger partial charge in [-0.15, -0.1) is 5.37 Å². The first-order valence-corrected chi connectivity index (χ1v) is 4.67. The minimum absolute atomic E-state index is 0.810. The van der Waals surface area contributed by atoms with E-state index in [1.165, 1.54) is 25.8 Å². The number of nitrogens with one attached hydrogen (secondary N) is 1. The van der Waals surface area contributed by atoms with Crippen LogP contribution in [0, 0.1) is 5.92 Å². The highest BCUT2D eigenvalue weighted by molar-refractivity contribution is 6.48. The summed E-state index contributed by atoms with van der Waals surface area (Å²) in [4.78, 5) is 0. The fraction of sp³-hybridized carbons (Fsp3) is 0.750. The summed E-state index contributed by atoms with van der Waals surface area (Å²) in [5, 5.41) is 5.14. The van der Waals surface area contributed by atoms with E-state index in [2.05, 4.69) is 21.0 Å². The second-order valence-corrected chi connectivity index (χ2v) is 4.11. The van der Waals surface area contributed by atoms with Gasteiger partial charge in [-0.3, -0.25) is 0 Å². The highest BCUT2D eigenvalue weighted by Crippen LogP contribution is 2.34. The molecule has 0 radical (unpaired) electrons. The Morgan fingerprint density at radius 3 is 2.45 bits per heavy atom. The molecule has 0 spiro atoms. The molecule has 11 heavy (non-hydrogen) atoms. The molecule has 0 amide bonds. The Morgan fingerprint density at radius 1 is 1.36 bits per heavy atom. The molecule has 1 aliphatic carbocycles. The zero-order valence-corrected chi connectivity index (χ0v) is 7.48. The van der Waals surface area contributed by atoms with E-state index in [-0.39, 0.29) is 0 Å². The van der Waals surface area contributed by atoms with Crippen LogP contribution in [0.1, 0.15) is 19.3 Å². The highest BCUT2D eigenvalue weighted by atomic mass is 14.9. The first kappa shape index (κ1) is 7.48. The number of piperidine rings is 2. The Hall–Kier alpha value is -0.170. The van der Waals surface area contributed by atoms with Gasteiger partial charge in [-0.05, 0) is 25.2 Å². The summed E-state index contributed by atoms with van der Waals surface area (Å²) in [6.45, 7) is 1.24. The Kier molecular flexibility index (Phi) is 1.84. The van der Waals surface area contributed by atoms with E-state index < -0.39 is 0 Å².